The van der Waals surface area contributed by atoms with E-state index < -0.39 is 45.4 Å². The summed E-state index contributed by atoms with van der Waals surface area (Å²) < 4.78 is 64.4. The van der Waals surface area contributed by atoms with Crippen LogP contribution in [0, 0.1) is 5.92 Å². The van der Waals surface area contributed by atoms with Gasteiger partial charge in [0.15, 0.2) is 0 Å². The summed E-state index contributed by atoms with van der Waals surface area (Å²) in [4.78, 5) is 11.2. The third-order valence-electron chi connectivity index (χ3n) is 4.21. The highest BCUT2D eigenvalue weighted by atomic mass is 32.2. The van der Waals surface area contributed by atoms with E-state index in [-0.39, 0.29) is 12.1 Å². The van der Waals surface area contributed by atoms with Gasteiger partial charge in [0, 0.05) is 12.6 Å². The molecule has 0 bridgehead atoms. The first-order chi connectivity index (χ1) is 11.0. The highest BCUT2D eigenvalue weighted by Gasteiger charge is 2.39. The molecule has 24 heavy (non-hydrogen) atoms. The third-order valence-corrected chi connectivity index (χ3v) is 6.14. The van der Waals surface area contributed by atoms with Crippen molar-refractivity contribution in [3.05, 3.63) is 35.4 Å². The Balaban J connectivity index is 2.24. The normalized spacial score (nSPS) is 23.2. The summed E-state index contributed by atoms with van der Waals surface area (Å²) in [6, 6.07) is 3.43. The number of rotatable bonds is 4. The predicted molar refractivity (Wildman–Crippen MR) is 80.6 cm³/mol. The Morgan fingerprint density at radius 1 is 1.38 bits per heavy atom. The van der Waals surface area contributed by atoms with Crippen LogP contribution in [-0.4, -0.2) is 36.4 Å². The minimum absolute atomic E-state index is 0.0227. The second kappa shape index (κ2) is 6.72. The number of alkyl halides is 3. The number of hydrogen-bond donors (Lipinski definition) is 1. The van der Waals surface area contributed by atoms with Crippen LogP contribution in [0.5, 0.6) is 0 Å². The number of benzene rings is 1. The highest BCUT2D eigenvalue weighted by Crippen LogP contribution is 2.31. The van der Waals surface area contributed by atoms with E-state index in [1.54, 1.807) is 0 Å². The number of aliphatic carboxylic acids is 1. The zero-order valence-corrected chi connectivity index (χ0v) is 13.8. The molecule has 1 aromatic carbocycles. The van der Waals surface area contributed by atoms with E-state index >= 15 is 0 Å². The zero-order chi connectivity index (χ0) is 18.1. The van der Waals surface area contributed by atoms with E-state index in [0.29, 0.717) is 12.8 Å². The summed E-state index contributed by atoms with van der Waals surface area (Å²) in [5.74, 6) is -2.47. The van der Waals surface area contributed by atoms with E-state index in [9.17, 15) is 26.4 Å². The first-order valence-corrected chi connectivity index (χ1v) is 9.02. The lowest BCUT2D eigenvalue weighted by atomic mass is 9.92. The Bertz CT molecular complexity index is 718. The SMILES string of the molecule is C[C@@H]1[C@H](C(=O)O)CCCN1S(=O)(=O)Cc1cccc(C(F)(F)F)c1. The average molecular weight is 365 g/mol. The second-order valence-electron chi connectivity index (χ2n) is 5.89. The minimum Gasteiger partial charge on any atom is -0.481 e. The molecule has 1 aromatic rings. The molecule has 1 aliphatic rings. The number of carboxylic acid groups (broad SMARTS) is 1. The number of halogens is 3. The molecule has 0 amide bonds. The molecule has 1 saturated heterocycles. The number of carboxylic acids is 1. The summed E-state index contributed by atoms with van der Waals surface area (Å²) in [5.41, 5.74) is -0.889. The molecule has 9 heteroatoms. The number of carbonyl (C=O) groups is 1. The number of piperidine rings is 1. The number of nitrogens with zero attached hydrogens (tertiary/aromatic N) is 1. The van der Waals surface area contributed by atoms with E-state index in [1.165, 1.54) is 13.0 Å². The molecule has 0 radical (unpaired) electrons. The van der Waals surface area contributed by atoms with E-state index in [4.69, 9.17) is 5.11 Å². The first-order valence-electron chi connectivity index (χ1n) is 7.41. The standard InChI is InChI=1S/C15H18F3NO4S/c1-10-13(14(20)21)6-3-7-19(10)24(22,23)9-11-4-2-5-12(8-11)15(16,17)18/h2,4-5,8,10,13H,3,6-7,9H2,1H3,(H,20,21)/t10-,13-/m1/s1. The third kappa shape index (κ3) is 4.07. The van der Waals surface area contributed by atoms with Crippen molar-refractivity contribution in [1.29, 1.82) is 0 Å². The fourth-order valence-electron chi connectivity index (χ4n) is 2.97. The summed E-state index contributed by atoms with van der Waals surface area (Å²) in [7, 11) is -3.91. The summed E-state index contributed by atoms with van der Waals surface area (Å²) >= 11 is 0. The van der Waals surface area contributed by atoms with Crippen LogP contribution in [0.3, 0.4) is 0 Å². The van der Waals surface area contributed by atoms with Crippen LogP contribution < -0.4 is 0 Å². The molecule has 5 nitrogen and oxygen atoms in total. The Labute approximate surface area is 138 Å². The molecule has 1 N–H and O–H groups in total. The van der Waals surface area contributed by atoms with Gasteiger partial charge in [-0.05, 0) is 31.4 Å². The molecule has 134 valence electrons. The Hall–Kier alpha value is -1.61. The molecule has 0 saturated carbocycles. The fourth-order valence-corrected chi connectivity index (χ4v) is 4.79. The highest BCUT2D eigenvalue weighted by molar-refractivity contribution is 7.88. The quantitative estimate of drug-likeness (QED) is 0.890. The molecule has 0 aliphatic carbocycles. The Kier molecular flexibility index (Phi) is 5.24. The van der Waals surface area contributed by atoms with Gasteiger partial charge in [0.1, 0.15) is 0 Å². The summed E-state index contributed by atoms with van der Waals surface area (Å²) in [6.07, 6.45) is -3.76. The number of hydrogen-bond acceptors (Lipinski definition) is 3. The van der Waals surface area contributed by atoms with Crippen molar-refractivity contribution in [1.82, 2.24) is 4.31 Å². The van der Waals surface area contributed by atoms with Crippen LogP contribution in [0.15, 0.2) is 24.3 Å². The maximum Gasteiger partial charge on any atom is 0.416 e. The van der Waals surface area contributed by atoms with Gasteiger partial charge >= 0.3 is 12.1 Å². The molecule has 1 aliphatic heterocycles. The van der Waals surface area contributed by atoms with Crippen molar-refractivity contribution in [2.45, 2.75) is 37.7 Å². The summed E-state index contributed by atoms with van der Waals surface area (Å²) in [5, 5.41) is 9.16. The topological polar surface area (TPSA) is 74.7 Å². The molecule has 0 aromatic heterocycles. The van der Waals surface area contributed by atoms with Crippen molar-refractivity contribution in [2.75, 3.05) is 6.54 Å². The molecule has 2 rings (SSSR count). The van der Waals surface area contributed by atoms with Gasteiger partial charge in [-0.15, -0.1) is 0 Å². The van der Waals surface area contributed by atoms with Crippen molar-refractivity contribution < 1.29 is 31.5 Å². The van der Waals surface area contributed by atoms with Crippen molar-refractivity contribution in [3.8, 4) is 0 Å². The number of sulfonamides is 1. The molecule has 1 fully saturated rings. The van der Waals surface area contributed by atoms with Crippen LogP contribution in [0.25, 0.3) is 0 Å². The molecule has 1 heterocycles. The van der Waals surface area contributed by atoms with Crippen LogP contribution in [-0.2, 0) is 26.7 Å². The van der Waals surface area contributed by atoms with Crippen molar-refractivity contribution in [3.63, 3.8) is 0 Å². The van der Waals surface area contributed by atoms with Crippen LogP contribution in [0.4, 0.5) is 13.2 Å². The Morgan fingerprint density at radius 3 is 2.62 bits per heavy atom. The lowest BCUT2D eigenvalue weighted by Gasteiger charge is -2.36. The van der Waals surface area contributed by atoms with Gasteiger partial charge in [0.05, 0.1) is 17.2 Å². The predicted octanol–water partition coefficient (Wildman–Crippen LogP) is 2.72. The minimum atomic E-state index is -4.55. The van der Waals surface area contributed by atoms with Crippen LogP contribution >= 0.6 is 0 Å². The van der Waals surface area contributed by atoms with E-state index in [1.807, 2.05) is 0 Å². The molecule has 0 spiro atoms. The van der Waals surface area contributed by atoms with Gasteiger partial charge in [-0.25, -0.2) is 8.42 Å². The van der Waals surface area contributed by atoms with E-state index in [0.717, 1.165) is 22.5 Å². The monoisotopic (exact) mass is 365 g/mol. The van der Waals surface area contributed by atoms with Gasteiger partial charge in [0.25, 0.3) is 0 Å². The molecule has 0 unspecified atom stereocenters. The van der Waals surface area contributed by atoms with Crippen molar-refractivity contribution >= 4 is 16.0 Å². The maximum atomic E-state index is 12.7. The average Bonchev–Trinajstić information content (AvgIpc) is 2.45. The van der Waals surface area contributed by atoms with Crippen molar-refractivity contribution in [2.24, 2.45) is 5.92 Å². The molecular weight excluding hydrogens is 347 g/mol. The summed E-state index contributed by atoms with van der Waals surface area (Å²) in [6.45, 7) is 1.69. The van der Waals surface area contributed by atoms with Crippen LogP contribution in [0.2, 0.25) is 0 Å². The maximum absolute atomic E-state index is 12.7. The van der Waals surface area contributed by atoms with Gasteiger partial charge in [-0.2, -0.15) is 17.5 Å². The largest absolute Gasteiger partial charge is 0.481 e. The zero-order valence-electron chi connectivity index (χ0n) is 13.0. The lowest BCUT2D eigenvalue weighted by Crippen LogP contribution is -2.49. The first kappa shape index (κ1) is 18.7. The Morgan fingerprint density at radius 2 is 2.04 bits per heavy atom. The second-order valence-corrected chi connectivity index (χ2v) is 7.81. The smallest absolute Gasteiger partial charge is 0.416 e. The van der Waals surface area contributed by atoms with Gasteiger partial charge in [-0.1, -0.05) is 18.2 Å². The van der Waals surface area contributed by atoms with Gasteiger partial charge in [-0.3, -0.25) is 4.79 Å². The molecule has 2 atom stereocenters. The fraction of sp³-hybridized carbons (Fsp3) is 0.533. The van der Waals surface area contributed by atoms with Gasteiger partial charge in [0.2, 0.25) is 10.0 Å². The van der Waals surface area contributed by atoms with E-state index in [2.05, 4.69) is 0 Å². The van der Waals surface area contributed by atoms with Crippen LogP contribution in [0.1, 0.15) is 30.9 Å². The van der Waals surface area contributed by atoms with Gasteiger partial charge < -0.3 is 5.11 Å². The lowest BCUT2D eigenvalue weighted by molar-refractivity contribution is -0.144. The molecular formula is C15H18F3NO4S.